The fourth-order valence-corrected chi connectivity index (χ4v) is 6.18. The fourth-order valence-electron chi connectivity index (χ4n) is 6.18. The van der Waals surface area contributed by atoms with Crippen LogP contribution in [0.4, 0.5) is 5.69 Å². The molecule has 2 N–H and O–H groups in total. The Bertz CT molecular complexity index is 847. The van der Waals surface area contributed by atoms with Crippen LogP contribution in [0, 0.1) is 30.6 Å². The Balaban J connectivity index is 1.08. The molecule has 2 aromatic rings. The van der Waals surface area contributed by atoms with Crippen molar-refractivity contribution in [3.63, 3.8) is 0 Å². The molecule has 4 aliphatic carbocycles. The first-order chi connectivity index (χ1) is 14.6. The van der Waals surface area contributed by atoms with Crippen LogP contribution in [0.15, 0.2) is 48.5 Å². The number of carbonyl (C=O) groups is 1. The lowest BCUT2D eigenvalue weighted by Gasteiger charge is -2.54. The van der Waals surface area contributed by atoms with Crippen LogP contribution in [0.3, 0.4) is 0 Å². The van der Waals surface area contributed by atoms with Crippen LogP contribution in [-0.4, -0.2) is 18.6 Å². The van der Waals surface area contributed by atoms with Crippen molar-refractivity contribution in [2.75, 3.05) is 11.9 Å². The van der Waals surface area contributed by atoms with Crippen molar-refractivity contribution in [1.82, 2.24) is 5.32 Å². The van der Waals surface area contributed by atoms with Crippen LogP contribution >= 0.6 is 0 Å². The molecule has 2 aromatic carbocycles. The van der Waals surface area contributed by atoms with E-state index in [9.17, 15) is 4.79 Å². The molecule has 1 amide bonds. The highest BCUT2D eigenvalue weighted by molar-refractivity contribution is 5.91. The summed E-state index contributed by atoms with van der Waals surface area (Å²) in [4.78, 5) is 12.1. The van der Waals surface area contributed by atoms with Crippen molar-refractivity contribution in [3.05, 3.63) is 59.7 Å². The van der Waals surface area contributed by atoms with Gasteiger partial charge < -0.3 is 15.4 Å². The molecule has 0 aliphatic heterocycles. The fraction of sp³-hybridized carbons (Fsp3) is 0.500. The minimum Gasteiger partial charge on any atom is -0.484 e. The Morgan fingerprint density at radius 1 is 0.900 bits per heavy atom. The highest BCUT2D eigenvalue weighted by Crippen LogP contribution is 2.53. The molecule has 0 atom stereocenters. The minimum absolute atomic E-state index is 0.0131. The van der Waals surface area contributed by atoms with E-state index in [4.69, 9.17) is 4.74 Å². The second-order valence-corrected chi connectivity index (χ2v) is 9.68. The van der Waals surface area contributed by atoms with Gasteiger partial charge in [0.2, 0.25) is 0 Å². The third-order valence-corrected chi connectivity index (χ3v) is 7.40. The molecule has 4 aliphatic rings. The highest BCUT2D eigenvalue weighted by atomic mass is 16.5. The number of benzene rings is 2. The Kier molecular flexibility index (Phi) is 5.51. The van der Waals surface area contributed by atoms with E-state index in [2.05, 4.69) is 22.8 Å². The highest BCUT2D eigenvalue weighted by Gasteiger charge is 2.47. The van der Waals surface area contributed by atoms with Gasteiger partial charge in [0, 0.05) is 18.3 Å². The zero-order valence-electron chi connectivity index (χ0n) is 17.8. The first-order valence-corrected chi connectivity index (χ1v) is 11.4. The Morgan fingerprint density at radius 3 is 2.17 bits per heavy atom. The van der Waals surface area contributed by atoms with Gasteiger partial charge in [0.15, 0.2) is 6.61 Å². The van der Waals surface area contributed by atoms with Crippen LogP contribution in [0.2, 0.25) is 0 Å². The van der Waals surface area contributed by atoms with E-state index in [0.29, 0.717) is 6.04 Å². The molecule has 158 valence electrons. The molecule has 4 nitrogen and oxygen atoms in total. The molecular formula is C26H32N2O2. The molecule has 30 heavy (non-hydrogen) atoms. The first-order valence-electron chi connectivity index (χ1n) is 11.4. The van der Waals surface area contributed by atoms with Gasteiger partial charge in [-0.05, 0) is 92.5 Å². The van der Waals surface area contributed by atoms with Crippen molar-refractivity contribution < 1.29 is 9.53 Å². The molecule has 4 saturated carbocycles. The van der Waals surface area contributed by atoms with Crippen LogP contribution in [0.1, 0.15) is 43.2 Å². The van der Waals surface area contributed by atoms with Gasteiger partial charge in [0.05, 0.1) is 0 Å². The Hall–Kier alpha value is -2.33. The summed E-state index contributed by atoms with van der Waals surface area (Å²) in [5.74, 6) is 4.42. The molecule has 4 bridgehead atoms. The predicted octanol–water partition coefficient (Wildman–Crippen LogP) is 4.93. The maximum atomic E-state index is 12.1. The van der Waals surface area contributed by atoms with Crippen LogP contribution in [0.5, 0.6) is 5.75 Å². The smallest absolute Gasteiger partial charge is 0.262 e. The van der Waals surface area contributed by atoms with Crippen molar-refractivity contribution in [3.8, 4) is 5.75 Å². The summed E-state index contributed by atoms with van der Waals surface area (Å²) < 4.78 is 5.66. The lowest BCUT2D eigenvalue weighted by atomic mass is 9.54. The summed E-state index contributed by atoms with van der Waals surface area (Å²) in [5, 5.41) is 6.74. The lowest BCUT2D eigenvalue weighted by Crippen LogP contribution is -2.54. The number of carbonyl (C=O) groups excluding carboxylic acids is 1. The molecule has 0 spiro atoms. The number of hydrogen-bond acceptors (Lipinski definition) is 3. The van der Waals surface area contributed by atoms with E-state index in [1.54, 1.807) is 0 Å². The average molecular weight is 405 g/mol. The van der Waals surface area contributed by atoms with Crippen molar-refractivity contribution in [1.29, 1.82) is 0 Å². The summed E-state index contributed by atoms with van der Waals surface area (Å²) in [6.45, 7) is 2.96. The van der Waals surface area contributed by atoms with E-state index in [-0.39, 0.29) is 12.5 Å². The molecule has 4 heteroatoms. The lowest BCUT2D eigenvalue weighted by molar-refractivity contribution is -0.118. The van der Waals surface area contributed by atoms with Gasteiger partial charge in [-0.15, -0.1) is 0 Å². The van der Waals surface area contributed by atoms with Gasteiger partial charge in [-0.3, -0.25) is 4.79 Å². The summed E-state index contributed by atoms with van der Waals surface area (Å²) in [6, 6.07) is 16.6. The molecule has 0 aromatic heterocycles. The quantitative estimate of drug-likeness (QED) is 0.688. The zero-order valence-corrected chi connectivity index (χ0v) is 17.8. The number of aryl methyl sites for hydroxylation is 1. The van der Waals surface area contributed by atoms with Gasteiger partial charge >= 0.3 is 0 Å². The first kappa shape index (κ1) is 19.6. The number of hydrogen-bond donors (Lipinski definition) is 2. The van der Waals surface area contributed by atoms with Gasteiger partial charge in [-0.1, -0.05) is 29.8 Å². The topological polar surface area (TPSA) is 50.4 Å². The minimum atomic E-state index is -0.147. The summed E-state index contributed by atoms with van der Waals surface area (Å²) in [5.41, 5.74) is 3.24. The normalized spacial score (nSPS) is 29.0. The Labute approximate surface area is 179 Å². The van der Waals surface area contributed by atoms with Crippen molar-refractivity contribution in [2.45, 2.75) is 51.6 Å². The van der Waals surface area contributed by atoms with Crippen LogP contribution < -0.4 is 15.4 Å². The second-order valence-electron chi connectivity index (χ2n) is 9.68. The van der Waals surface area contributed by atoms with Gasteiger partial charge in [-0.2, -0.15) is 0 Å². The zero-order chi connectivity index (χ0) is 20.5. The summed E-state index contributed by atoms with van der Waals surface area (Å²) >= 11 is 0. The Morgan fingerprint density at radius 2 is 1.53 bits per heavy atom. The second kappa shape index (κ2) is 8.43. The number of rotatable bonds is 7. The molecule has 0 heterocycles. The standard InChI is InChI=1S/C26H32N2O2/c1-17-2-6-23(7-3-17)28-25(29)16-30-24-8-4-18(5-9-24)15-27-26-21-11-19-10-20(13-21)14-22(26)12-19/h2-9,19-22,26-27H,10-16H2,1H3,(H,28,29). The van der Waals surface area contributed by atoms with E-state index in [1.807, 2.05) is 43.3 Å². The van der Waals surface area contributed by atoms with Crippen molar-refractivity contribution in [2.24, 2.45) is 23.7 Å². The van der Waals surface area contributed by atoms with Crippen LogP contribution in [-0.2, 0) is 11.3 Å². The summed E-state index contributed by atoms with van der Waals surface area (Å²) in [7, 11) is 0. The summed E-state index contributed by atoms with van der Waals surface area (Å²) in [6.07, 6.45) is 7.29. The van der Waals surface area contributed by atoms with Gasteiger partial charge in [-0.25, -0.2) is 0 Å². The molecule has 0 saturated heterocycles. The SMILES string of the molecule is Cc1ccc(NC(=O)COc2ccc(CNC3C4CC5CC(C4)CC3C5)cc2)cc1. The third-order valence-electron chi connectivity index (χ3n) is 7.40. The van der Waals surface area contributed by atoms with E-state index < -0.39 is 0 Å². The maximum Gasteiger partial charge on any atom is 0.262 e. The monoisotopic (exact) mass is 404 g/mol. The van der Waals surface area contributed by atoms with Crippen molar-refractivity contribution >= 4 is 11.6 Å². The molecule has 6 rings (SSSR count). The van der Waals surface area contributed by atoms with Crippen LogP contribution in [0.25, 0.3) is 0 Å². The van der Waals surface area contributed by atoms with Gasteiger partial charge in [0.1, 0.15) is 5.75 Å². The largest absolute Gasteiger partial charge is 0.484 e. The maximum absolute atomic E-state index is 12.1. The number of anilines is 1. The average Bonchev–Trinajstić information content (AvgIpc) is 2.74. The molecule has 0 unspecified atom stereocenters. The number of amides is 1. The number of ether oxygens (including phenoxy) is 1. The third kappa shape index (κ3) is 4.39. The molecule has 0 radical (unpaired) electrons. The van der Waals surface area contributed by atoms with E-state index >= 15 is 0 Å². The predicted molar refractivity (Wildman–Crippen MR) is 119 cm³/mol. The molecular weight excluding hydrogens is 372 g/mol. The number of nitrogens with one attached hydrogen (secondary N) is 2. The van der Waals surface area contributed by atoms with E-state index in [0.717, 1.165) is 41.7 Å². The van der Waals surface area contributed by atoms with Gasteiger partial charge in [0.25, 0.3) is 5.91 Å². The van der Waals surface area contributed by atoms with E-state index in [1.165, 1.54) is 43.2 Å². The molecule has 4 fully saturated rings.